The van der Waals surface area contributed by atoms with Crippen molar-refractivity contribution >= 4 is 33.8 Å². The number of alkyl carbamates (subject to hydrolysis) is 1. The molecule has 13 nitrogen and oxygen atoms in total. The first-order valence-corrected chi connectivity index (χ1v) is 19.4. The van der Waals surface area contributed by atoms with Gasteiger partial charge >= 0.3 is 6.09 Å². The fourth-order valence-corrected chi connectivity index (χ4v) is 8.19. The summed E-state index contributed by atoms with van der Waals surface area (Å²) in [4.78, 5) is 50.3. The summed E-state index contributed by atoms with van der Waals surface area (Å²) in [7, 11) is 2.97. The summed E-state index contributed by atoms with van der Waals surface area (Å²) in [5.74, 6) is 3.72. The van der Waals surface area contributed by atoms with Crippen LogP contribution in [0.3, 0.4) is 0 Å². The van der Waals surface area contributed by atoms with Gasteiger partial charge in [-0.05, 0) is 86.9 Å². The van der Waals surface area contributed by atoms with Crippen molar-refractivity contribution in [1.29, 1.82) is 0 Å². The summed E-state index contributed by atoms with van der Waals surface area (Å²) in [6.45, 7) is 9.48. The van der Waals surface area contributed by atoms with Crippen LogP contribution in [-0.4, -0.2) is 76.2 Å². The van der Waals surface area contributed by atoms with Crippen molar-refractivity contribution in [3.8, 4) is 22.8 Å². The standard InChI is InChI=1S/C41H54N8O5/c1-22(2)31(48-53-6)20-27(9-7-17-42)38-43-29-15-12-24-19-25(11-14-28(24)35(29)45-38)33-21-26-13-16-30-36(37(26)54-33)46-39(44-30)32-10-8-18-49(32)40(50)34(23(3)4)47-41(51)52-5/h11-12,14-15,19,21-23,27,31-32,34,48H,7-10,13,16-18,20,42H2,1-6H3,(H,43,45)(H,44,46)(H,47,51)/t27?,31-,32+,34+/m1/s1. The average Bonchev–Trinajstić information content (AvgIpc) is 3.98. The van der Waals surface area contributed by atoms with Crippen LogP contribution in [0, 0.1) is 11.8 Å². The quantitative estimate of drug-likeness (QED) is 0.0759. The number of fused-ring (bicyclic) bond motifs is 6. The van der Waals surface area contributed by atoms with E-state index in [0.29, 0.717) is 19.0 Å². The number of nitrogens with two attached hydrogens (primary N) is 1. The van der Waals surface area contributed by atoms with Crippen LogP contribution < -0.4 is 16.5 Å². The van der Waals surface area contributed by atoms with Crippen LogP contribution in [0.15, 0.2) is 40.8 Å². The number of amides is 2. The van der Waals surface area contributed by atoms with E-state index < -0.39 is 12.1 Å². The molecule has 5 aromatic rings. The topological polar surface area (TPSA) is 176 Å². The lowest BCUT2D eigenvalue weighted by atomic mass is 9.89. The molecule has 1 unspecified atom stereocenters. The van der Waals surface area contributed by atoms with E-state index in [1.54, 1.807) is 7.11 Å². The van der Waals surface area contributed by atoms with Crippen molar-refractivity contribution in [3.63, 3.8) is 0 Å². The van der Waals surface area contributed by atoms with Gasteiger partial charge in [-0.1, -0.05) is 45.9 Å². The Morgan fingerprint density at radius 3 is 2.63 bits per heavy atom. The zero-order valence-corrected chi connectivity index (χ0v) is 32.3. The normalized spacial score (nSPS) is 17.3. The zero-order chi connectivity index (χ0) is 38.1. The van der Waals surface area contributed by atoms with E-state index in [0.717, 1.165) is 112 Å². The Labute approximate surface area is 316 Å². The number of aryl methyl sites for hydroxylation is 2. The predicted octanol–water partition coefficient (Wildman–Crippen LogP) is 6.90. The second-order valence-electron chi connectivity index (χ2n) is 15.5. The second kappa shape index (κ2) is 15.9. The van der Waals surface area contributed by atoms with Crippen molar-refractivity contribution < 1.29 is 23.6 Å². The number of nitrogens with one attached hydrogen (secondary N) is 4. The Bertz CT molecular complexity index is 2110. The molecule has 288 valence electrons. The average molecular weight is 739 g/mol. The van der Waals surface area contributed by atoms with E-state index in [1.807, 2.05) is 18.7 Å². The van der Waals surface area contributed by atoms with Crippen molar-refractivity contribution in [2.24, 2.45) is 17.6 Å². The zero-order valence-electron chi connectivity index (χ0n) is 32.3. The molecule has 2 amide bonds. The number of imidazole rings is 2. The molecule has 13 heteroatoms. The Balaban J connectivity index is 1.14. The predicted molar refractivity (Wildman–Crippen MR) is 209 cm³/mol. The van der Waals surface area contributed by atoms with Gasteiger partial charge in [0.1, 0.15) is 29.1 Å². The van der Waals surface area contributed by atoms with Crippen LogP contribution in [0.1, 0.15) is 94.7 Å². The first kappa shape index (κ1) is 37.6. The molecule has 0 bridgehead atoms. The summed E-state index contributed by atoms with van der Waals surface area (Å²) in [6.07, 6.45) is 5.38. The maximum atomic E-state index is 13.7. The number of carbonyl (C=O) groups excluding carboxylic acids is 2. The first-order valence-electron chi connectivity index (χ1n) is 19.4. The molecular weight excluding hydrogens is 685 g/mol. The molecule has 7 rings (SSSR count). The van der Waals surface area contributed by atoms with E-state index in [4.69, 9.17) is 29.7 Å². The number of aromatic nitrogens is 4. The smallest absolute Gasteiger partial charge is 0.407 e. The van der Waals surface area contributed by atoms with Gasteiger partial charge in [0.2, 0.25) is 5.91 Å². The largest absolute Gasteiger partial charge is 0.454 e. The number of rotatable bonds is 14. The van der Waals surface area contributed by atoms with E-state index >= 15 is 0 Å². The van der Waals surface area contributed by atoms with Crippen molar-refractivity contribution in [1.82, 2.24) is 35.6 Å². The summed E-state index contributed by atoms with van der Waals surface area (Å²) >= 11 is 0. The van der Waals surface area contributed by atoms with E-state index in [9.17, 15) is 9.59 Å². The maximum Gasteiger partial charge on any atom is 0.407 e. The van der Waals surface area contributed by atoms with Crippen LogP contribution in [0.5, 0.6) is 0 Å². The van der Waals surface area contributed by atoms with Crippen LogP contribution in [0.25, 0.3) is 44.6 Å². The molecule has 4 atom stereocenters. The lowest BCUT2D eigenvalue weighted by Crippen LogP contribution is -2.51. The van der Waals surface area contributed by atoms with E-state index in [-0.39, 0.29) is 29.8 Å². The van der Waals surface area contributed by atoms with Gasteiger partial charge in [-0.25, -0.2) is 14.8 Å². The molecule has 4 heterocycles. The SMILES string of the molecule is CON[C@H](CC(CCCN)c1nc2ccc3cc(-c4cc5c(o4)-c4[nH]c([C@@H]6CCCN6C(=O)[C@@H](NC(=O)OC)C(C)C)nc4CC5)ccc3c2[nH]1)C(C)C. The minimum atomic E-state index is -0.686. The Kier molecular flexibility index (Phi) is 11.1. The molecular formula is C41H54N8O5. The third-order valence-electron chi connectivity index (χ3n) is 11.2. The summed E-state index contributed by atoms with van der Waals surface area (Å²) in [5.41, 5.74) is 15.0. The third kappa shape index (κ3) is 7.36. The number of methoxy groups -OCH3 is 1. The molecule has 2 aromatic carbocycles. The van der Waals surface area contributed by atoms with Crippen LogP contribution in [0.4, 0.5) is 4.79 Å². The lowest BCUT2D eigenvalue weighted by Gasteiger charge is -2.30. The van der Waals surface area contributed by atoms with Gasteiger partial charge in [0, 0.05) is 35.0 Å². The highest BCUT2D eigenvalue weighted by Gasteiger charge is 2.38. The van der Waals surface area contributed by atoms with Crippen LogP contribution >= 0.6 is 0 Å². The number of benzene rings is 2. The monoisotopic (exact) mass is 738 g/mol. The molecule has 1 aliphatic carbocycles. The number of hydroxylamine groups is 1. The number of carbonyl (C=O) groups is 2. The highest BCUT2D eigenvalue weighted by atomic mass is 16.6. The Morgan fingerprint density at radius 2 is 1.89 bits per heavy atom. The summed E-state index contributed by atoms with van der Waals surface area (Å²) in [5, 5.41) is 4.93. The van der Waals surface area contributed by atoms with Gasteiger partial charge in [0.05, 0.1) is 37.0 Å². The molecule has 1 saturated heterocycles. The summed E-state index contributed by atoms with van der Waals surface area (Å²) in [6, 6.07) is 12.1. The minimum Gasteiger partial charge on any atom is -0.454 e. The number of hydrogen-bond donors (Lipinski definition) is 5. The number of furan rings is 1. The van der Waals surface area contributed by atoms with Gasteiger partial charge in [-0.3, -0.25) is 4.79 Å². The highest BCUT2D eigenvalue weighted by molar-refractivity contribution is 6.05. The maximum absolute atomic E-state index is 13.7. The molecule has 1 aliphatic heterocycles. The molecule has 6 N–H and O–H groups in total. The van der Waals surface area contributed by atoms with E-state index in [2.05, 4.69) is 71.0 Å². The van der Waals surface area contributed by atoms with Crippen LogP contribution in [0.2, 0.25) is 0 Å². The van der Waals surface area contributed by atoms with Gasteiger partial charge in [0.15, 0.2) is 5.76 Å². The third-order valence-corrected chi connectivity index (χ3v) is 11.2. The Hall–Kier alpha value is -4.72. The number of hydrogen-bond acceptors (Lipinski definition) is 9. The van der Waals surface area contributed by atoms with E-state index in [1.165, 1.54) is 7.11 Å². The van der Waals surface area contributed by atoms with Gasteiger partial charge in [-0.2, -0.15) is 5.48 Å². The lowest BCUT2D eigenvalue weighted by molar-refractivity contribution is -0.135. The second-order valence-corrected chi connectivity index (χ2v) is 15.5. The molecule has 1 fully saturated rings. The molecule has 2 aliphatic rings. The number of H-pyrrole nitrogens is 2. The van der Waals surface area contributed by atoms with Crippen molar-refractivity contribution in [2.45, 2.75) is 96.7 Å². The minimum absolute atomic E-state index is 0.102. The fourth-order valence-electron chi connectivity index (χ4n) is 8.19. The molecule has 54 heavy (non-hydrogen) atoms. The fraction of sp³-hybridized carbons (Fsp3) is 0.512. The van der Waals surface area contributed by atoms with Crippen molar-refractivity contribution in [3.05, 3.63) is 59.3 Å². The number of likely N-dealkylation sites (tertiary alicyclic amines) is 1. The molecule has 0 spiro atoms. The van der Waals surface area contributed by atoms with Gasteiger partial charge in [0.25, 0.3) is 0 Å². The molecule has 0 radical (unpaired) electrons. The molecule has 3 aromatic heterocycles. The van der Waals surface area contributed by atoms with Gasteiger partial charge < -0.3 is 39.9 Å². The number of aromatic amines is 2. The number of nitrogens with zero attached hydrogens (tertiary/aromatic N) is 3. The first-order chi connectivity index (χ1) is 26.1. The number of ether oxygens (including phenoxy) is 1. The molecule has 0 saturated carbocycles. The van der Waals surface area contributed by atoms with Crippen LogP contribution in [-0.2, 0) is 27.2 Å². The summed E-state index contributed by atoms with van der Waals surface area (Å²) < 4.78 is 11.4. The highest BCUT2D eigenvalue weighted by Crippen LogP contribution is 2.41. The van der Waals surface area contributed by atoms with Crippen molar-refractivity contribution in [2.75, 3.05) is 27.3 Å². The van der Waals surface area contributed by atoms with Gasteiger partial charge in [-0.15, -0.1) is 0 Å². The Morgan fingerprint density at radius 1 is 1.06 bits per heavy atom.